The number of benzene rings is 2. The normalized spacial score (nSPS) is 12.1. The van der Waals surface area contributed by atoms with Gasteiger partial charge in [0, 0.05) is 6.07 Å². The number of hydrogen-bond acceptors (Lipinski definition) is 3. The molecule has 2 aromatic carbocycles. The van der Waals surface area contributed by atoms with Gasteiger partial charge in [-0.05, 0) is 61.2 Å². The fourth-order valence-electron chi connectivity index (χ4n) is 3.28. The molecule has 0 unspecified atom stereocenters. The lowest BCUT2D eigenvalue weighted by Crippen LogP contribution is -2.27. The molecule has 7 heteroatoms. The van der Waals surface area contributed by atoms with Crippen LogP contribution in [0.25, 0.3) is 16.8 Å². The molecule has 2 N–H and O–H groups in total. The summed E-state index contributed by atoms with van der Waals surface area (Å²) in [6, 6.07) is 13.0. The first-order valence-corrected chi connectivity index (χ1v) is 9.58. The van der Waals surface area contributed by atoms with Crippen LogP contribution < -0.4 is 10.9 Å². The number of nitrogens with zero attached hydrogens (tertiary/aromatic N) is 2. The Bertz CT molecular complexity index is 1310. The lowest BCUT2D eigenvalue weighted by Gasteiger charge is -2.13. The lowest BCUT2D eigenvalue weighted by molar-refractivity contribution is 0.0934. The molecule has 0 bridgehead atoms. The van der Waals surface area contributed by atoms with Gasteiger partial charge in [-0.1, -0.05) is 24.3 Å². The number of halogens is 1. The van der Waals surface area contributed by atoms with Gasteiger partial charge in [-0.3, -0.25) is 9.59 Å². The Morgan fingerprint density at radius 3 is 2.53 bits per heavy atom. The van der Waals surface area contributed by atoms with E-state index in [2.05, 4.69) is 15.4 Å². The van der Waals surface area contributed by atoms with E-state index in [1.54, 1.807) is 25.3 Å². The van der Waals surface area contributed by atoms with E-state index in [4.69, 9.17) is 0 Å². The molecule has 0 aliphatic carbocycles. The van der Waals surface area contributed by atoms with Crippen molar-refractivity contribution in [2.24, 2.45) is 0 Å². The Labute approximate surface area is 172 Å². The highest BCUT2D eigenvalue weighted by Crippen LogP contribution is 2.20. The molecule has 0 saturated carbocycles. The molecule has 4 rings (SSSR count). The van der Waals surface area contributed by atoms with E-state index < -0.39 is 5.91 Å². The summed E-state index contributed by atoms with van der Waals surface area (Å²) in [5.74, 6) is -0.751. The molecule has 4 aromatic rings. The van der Waals surface area contributed by atoms with Crippen molar-refractivity contribution >= 4 is 11.4 Å². The number of H-pyrrole nitrogens is 1. The van der Waals surface area contributed by atoms with Crippen LogP contribution in [0.1, 0.15) is 40.1 Å². The van der Waals surface area contributed by atoms with Crippen LogP contribution in [0.3, 0.4) is 0 Å². The maximum atomic E-state index is 13.1. The van der Waals surface area contributed by atoms with E-state index in [0.29, 0.717) is 5.69 Å². The van der Waals surface area contributed by atoms with Crippen molar-refractivity contribution in [3.8, 4) is 11.3 Å². The van der Waals surface area contributed by atoms with E-state index >= 15 is 0 Å². The molecule has 0 radical (unpaired) electrons. The second kappa shape index (κ2) is 7.59. The average molecular weight is 404 g/mol. The van der Waals surface area contributed by atoms with Crippen LogP contribution in [-0.2, 0) is 0 Å². The fourth-order valence-corrected chi connectivity index (χ4v) is 3.28. The number of carbonyl (C=O) groups is 1. The van der Waals surface area contributed by atoms with Crippen LogP contribution >= 0.6 is 0 Å². The summed E-state index contributed by atoms with van der Waals surface area (Å²) < 4.78 is 14.5. The molecule has 6 nitrogen and oxygen atoms in total. The molecule has 0 saturated heterocycles. The van der Waals surface area contributed by atoms with Gasteiger partial charge in [0.1, 0.15) is 11.3 Å². The SMILES string of the molecule is Cc1ccc(-c2cn3nc(C(=O)N[C@H](C)c4ccc(F)cc4)cc3c(=O)[nH]2)cc1C. The van der Waals surface area contributed by atoms with E-state index in [-0.39, 0.29) is 28.6 Å². The van der Waals surface area contributed by atoms with Crippen molar-refractivity contribution in [2.75, 3.05) is 0 Å². The van der Waals surface area contributed by atoms with Gasteiger partial charge in [0.25, 0.3) is 11.5 Å². The molecule has 0 aliphatic rings. The van der Waals surface area contributed by atoms with Crippen molar-refractivity contribution in [2.45, 2.75) is 26.8 Å². The Balaban J connectivity index is 1.63. The molecule has 0 spiro atoms. The van der Waals surface area contributed by atoms with Gasteiger partial charge >= 0.3 is 0 Å². The van der Waals surface area contributed by atoms with Crippen LogP contribution in [-0.4, -0.2) is 20.5 Å². The summed E-state index contributed by atoms with van der Waals surface area (Å²) in [6.07, 6.45) is 1.70. The van der Waals surface area contributed by atoms with Crippen LogP contribution in [0.4, 0.5) is 4.39 Å². The number of amides is 1. The summed E-state index contributed by atoms with van der Waals surface area (Å²) in [4.78, 5) is 28.0. The average Bonchev–Trinajstić information content (AvgIpc) is 3.15. The zero-order chi connectivity index (χ0) is 21.4. The number of rotatable bonds is 4. The monoisotopic (exact) mass is 404 g/mol. The minimum atomic E-state index is -0.414. The molecule has 2 heterocycles. The number of fused-ring (bicyclic) bond motifs is 1. The summed E-state index contributed by atoms with van der Waals surface area (Å²) in [7, 11) is 0. The second-order valence-corrected chi connectivity index (χ2v) is 7.40. The Morgan fingerprint density at radius 1 is 1.10 bits per heavy atom. The van der Waals surface area contributed by atoms with Gasteiger partial charge < -0.3 is 10.3 Å². The standard InChI is InChI=1S/C23H21FN4O2/c1-13-4-5-17(10-14(13)2)20-12-28-21(23(30)26-20)11-19(27-28)22(29)25-15(3)16-6-8-18(24)9-7-16/h4-12,15H,1-3H3,(H,25,29)(H,26,30)/t15-/m1/s1. The Kier molecular flexibility index (Phi) is 4.95. The third-order valence-electron chi connectivity index (χ3n) is 5.24. The second-order valence-electron chi connectivity index (χ2n) is 7.40. The van der Waals surface area contributed by atoms with Crippen molar-refractivity contribution in [3.63, 3.8) is 0 Å². The van der Waals surface area contributed by atoms with Crippen LogP contribution in [0, 0.1) is 19.7 Å². The number of hydrogen-bond donors (Lipinski definition) is 2. The van der Waals surface area contributed by atoms with Crippen LogP contribution in [0.5, 0.6) is 0 Å². The van der Waals surface area contributed by atoms with Gasteiger partial charge in [0.15, 0.2) is 5.69 Å². The maximum Gasteiger partial charge on any atom is 0.274 e. The summed E-state index contributed by atoms with van der Waals surface area (Å²) in [5, 5.41) is 7.11. The third kappa shape index (κ3) is 3.74. The zero-order valence-electron chi connectivity index (χ0n) is 16.9. The number of aromatic nitrogens is 3. The predicted molar refractivity (Wildman–Crippen MR) is 113 cm³/mol. The van der Waals surface area contributed by atoms with Crippen LogP contribution in [0.2, 0.25) is 0 Å². The largest absolute Gasteiger partial charge is 0.344 e. The van der Waals surface area contributed by atoms with Crippen molar-refractivity contribution in [1.29, 1.82) is 0 Å². The molecule has 30 heavy (non-hydrogen) atoms. The smallest absolute Gasteiger partial charge is 0.274 e. The molecule has 0 fully saturated rings. The third-order valence-corrected chi connectivity index (χ3v) is 5.24. The highest BCUT2D eigenvalue weighted by Gasteiger charge is 2.17. The Hall–Kier alpha value is -3.74. The van der Waals surface area contributed by atoms with Crippen molar-refractivity contribution in [1.82, 2.24) is 19.9 Å². The molecule has 152 valence electrons. The van der Waals surface area contributed by atoms with E-state index in [0.717, 1.165) is 22.3 Å². The van der Waals surface area contributed by atoms with E-state index in [1.807, 2.05) is 32.0 Å². The highest BCUT2D eigenvalue weighted by molar-refractivity contribution is 5.93. The number of carbonyl (C=O) groups excluding carboxylic acids is 1. The molecular weight excluding hydrogens is 383 g/mol. The highest BCUT2D eigenvalue weighted by atomic mass is 19.1. The molecular formula is C23H21FN4O2. The number of aryl methyl sites for hydroxylation is 2. The topological polar surface area (TPSA) is 79.3 Å². The molecule has 1 atom stereocenters. The van der Waals surface area contributed by atoms with E-state index in [1.165, 1.54) is 22.7 Å². The van der Waals surface area contributed by atoms with Gasteiger partial charge in [0.2, 0.25) is 0 Å². The lowest BCUT2D eigenvalue weighted by atomic mass is 10.0. The van der Waals surface area contributed by atoms with Gasteiger partial charge in [-0.15, -0.1) is 0 Å². The quantitative estimate of drug-likeness (QED) is 0.541. The first kappa shape index (κ1) is 19.6. The molecule has 0 aliphatic heterocycles. The van der Waals surface area contributed by atoms with Crippen molar-refractivity contribution in [3.05, 3.63) is 93.3 Å². The van der Waals surface area contributed by atoms with E-state index in [9.17, 15) is 14.0 Å². The fraction of sp³-hybridized carbons (Fsp3) is 0.174. The Morgan fingerprint density at radius 2 is 1.83 bits per heavy atom. The zero-order valence-corrected chi connectivity index (χ0v) is 16.9. The summed E-state index contributed by atoms with van der Waals surface area (Å²) >= 11 is 0. The summed E-state index contributed by atoms with van der Waals surface area (Å²) in [5.41, 5.74) is 4.61. The molecule has 2 aromatic heterocycles. The number of nitrogens with one attached hydrogen (secondary N) is 2. The minimum absolute atomic E-state index is 0.131. The first-order chi connectivity index (χ1) is 14.3. The van der Waals surface area contributed by atoms with Crippen molar-refractivity contribution < 1.29 is 9.18 Å². The molecule has 1 amide bonds. The maximum absolute atomic E-state index is 13.1. The van der Waals surface area contributed by atoms with Gasteiger partial charge in [0.05, 0.1) is 17.9 Å². The first-order valence-electron chi connectivity index (χ1n) is 9.58. The predicted octanol–water partition coefficient (Wildman–Crippen LogP) is 3.94. The van der Waals surface area contributed by atoms with Gasteiger partial charge in [-0.25, -0.2) is 8.91 Å². The van der Waals surface area contributed by atoms with Crippen LogP contribution in [0.15, 0.2) is 59.5 Å². The summed E-state index contributed by atoms with van der Waals surface area (Å²) in [6.45, 7) is 5.83. The number of aromatic amines is 1. The minimum Gasteiger partial charge on any atom is -0.344 e. The van der Waals surface area contributed by atoms with Gasteiger partial charge in [-0.2, -0.15) is 5.10 Å².